The first kappa shape index (κ1) is 13.3. The molecule has 1 aromatic heterocycles. The molecule has 0 fully saturated rings. The van der Waals surface area contributed by atoms with Crippen molar-refractivity contribution in [2.75, 3.05) is 11.9 Å². The first-order valence-corrected chi connectivity index (χ1v) is 6.13. The van der Waals surface area contributed by atoms with Gasteiger partial charge in [-0.05, 0) is 30.0 Å². The van der Waals surface area contributed by atoms with Gasteiger partial charge in [-0.2, -0.15) is 0 Å². The maximum Gasteiger partial charge on any atom is 0.128 e. The van der Waals surface area contributed by atoms with Gasteiger partial charge < -0.3 is 4.90 Å². The summed E-state index contributed by atoms with van der Waals surface area (Å²) in [6.07, 6.45) is 1.82. The van der Waals surface area contributed by atoms with Crippen LogP contribution in [0.4, 0.5) is 5.82 Å². The van der Waals surface area contributed by atoms with Crippen LogP contribution in [0.15, 0.2) is 18.3 Å². The first-order valence-electron chi connectivity index (χ1n) is 5.60. The summed E-state index contributed by atoms with van der Waals surface area (Å²) in [7, 11) is 2.08. The maximum absolute atomic E-state index is 5.83. The zero-order valence-corrected chi connectivity index (χ0v) is 11.5. The SMILES string of the molecule is CC(N(C)c1cc(CCl)ccn1)C(C)(C)C. The number of hydrogen-bond donors (Lipinski definition) is 0. The standard InChI is InChI=1S/C13H21ClN2/c1-10(13(2,3)4)16(5)12-8-11(9-14)6-7-15-12/h6-8,10H,9H2,1-5H3. The molecule has 1 heterocycles. The summed E-state index contributed by atoms with van der Waals surface area (Å²) in [5.74, 6) is 1.52. The zero-order valence-electron chi connectivity index (χ0n) is 10.8. The second kappa shape index (κ2) is 5.05. The molecule has 0 aromatic carbocycles. The highest BCUT2D eigenvalue weighted by atomic mass is 35.5. The van der Waals surface area contributed by atoms with Crippen LogP contribution in [0, 0.1) is 5.41 Å². The van der Waals surface area contributed by atoms with E-state index in [4.69, 9.17) is 11.6 Å². The lowest BCUT2D eigenvalue weighted by molar-refractivity contribution is 0.328. The van der Waals surface area contributed by atoms with E-state index in [1.807, 2.05) is 12.3 Å². The van der Waals surface area contributed by atoms with Gasteiger partial charge in [-0.1, -0.05) is 20.8 Å². The van der Waals surface area contributed by atoms with Gasteiger partial charge in [0.05, 0.1) is 0 Å². The van der Waals surface area contributed by atoms with Crippen molar-refractivity contribution < 1.29 is 0 Å². The fourth-order valence-electron chi connectivity index (χ4n) is 1.52. The molecule has 0 aliphatic heterocycles. The van der Waals surface area contributed by atoms with Gasteiger partial charge in [0.25, 0.3) is 0 Å². The van der Waals surface area contributed by atoms with E-state index in [1.54, 1.807) is 0 Å². The quantitative estimate of drug-likeness (QED) is 0.750. The molecule has 1 atom stereocenters. The predicted molar refractivity (Wildman–Crippen MR) is 71.1 cm³/mol. The lowest BCUT2D eigenvalue weighted by atomic mass is 9.87. The lowest BCUT2D eigenvalue weighted by Gasteiger charge is -2.36. The minimum absolute atomic E-state index is 0.230. The summed E-state index contributed by atoms with van der Waals surface area (Å²) < 4.78 is 0. The lowest BCUT2D eigenvalue weighted by Crippen LogP contribution is -2.39. The molecule has 0 bridgehead atoms. The molecule has 0 saturated carbocycles. The average Bonchev–Trinajstić information content (AvgIpc) is 2.26. The Morgan fingerprint density at radius 2 is 2.06 bits per heavy atom. The third kappa shape index (κ3) is 3.11. The van der Waals surface area contributed by atoms with Gasteiger partial charge in [0.2, 0.25) is 0 Å². The Morgan fingerprint density at radius 1 is 1.44 bits per heavy atom. The largest absolute Gasteiger partial charge is 0.356 e. The van der Waals surface area contributed by atoms with Crippen LogP contribution in [-0.2, 0) is 5.88 Å². The second-order valence-corrected chi connectivity index (χ2v) is 5.58. The minimum Gasteiger partial charge on any atom is -0.356 e. The number of hydrogen-bond acceptors (Lipinski definition) is 2. The highest BCUT2D eigenvalue weighted by Crippen LogP contribution is 2.26. The fourth-order valence-corrected chi connectivity index (χ4v) is 1.68. The Labute approximate surface area is 104 Å². The summed E-state index contributed by atoms with van der Waals surface area (Å²) in [6, 6.07) is 4.42. The molecule has 90 valence electrons. The summed E-state index contributed by atoms with van der Waals surface area (Å²) in [4.78, 5) is 6.59. The highest BCUT2D eigenvalue weighted by molar-refractivity contribution is 6.17. The van der Waals surface area contributed by atoms with Gasteiger partial charge in [0, 0.05) is 25.2 Å². The van der Waals surface area contributed by atoms with E-state index in [1.165, 1.54) is 0 Å². The number of pyridine rings is 1. The van der Waals surface area contributed by atoms with Crippen LogP contribution in [-0.4, -0.2) is 18.1 Å². The molecule has 0 spiro atoms. The van der Waals surface area contributed by atoms with Gasteiger partial charge in [0.1, 0.15) is 5.82 Å². The number of rotatable bonds is 3. The summed E-state index contributed by atoms with van der Waals surface area (Å²) in [5.41, 5.74) is 1.34. The second-order valence-electron chi connectivity index (χ2n) is 5.31. The molecule has 1 aromatic rings. The van der Waals surface area contributed by atoms with Crippen LogP contribution in [0.25, 0.3) is 0 Å². The molecular formula is C13H21ClN2. The molecule has 0 radical (unpaired) electrons. The molecule has 1 unspecified atom stereocenters. The van der Waals surface area contributed by atoms with Gasteiger partial charge in [0.15, 0.2) is 0 Å². The van der Waals surface area contributed by atoms with Crippen molar-refractivity contribution in [3.05, 3.63) is 23.9 Å². The van der Waals surface area contributed by atoms with Crippen molar-refractivity contribution in [2.45, 2.75) is 39.6 Å². The van der Waals surface area contributed by atoms with Gasteiger partial charge in [-0.3, -0.25) is 0 Å². The molecule has 0 saturated heterocycles. The summed E-state index contributed by atoms with van der Waals surface area (Å²) in [6.45, 7) is 8.92. The predicted octanol–water partition coefficient (Wildman–Crippen LogP) is 3.69. The Bertz CT molecular complexity index is 344. The van der Waals surface area contributed by atoms with Gasteiger partial charge >= 0.3 is 0 Å². The van der Waals surface area contributed by atoms with Crippen molar-refractivity contribution in [3.63, 3.8) is 0 Å². The van der Waals surface area contributed by atoms with Gasteiger partial charge in [-0.15, -0.1) is 11.6 Å². The van der Waals surface area contributed by atoms with Crippen molar-refractivity contribution in [3.8, 4) is 0 Å². The Balaban J connectivity index is 2.91. The molecule has 1 rings (SSSR count). The van der Waals surface area contributed by atoms with Crippen LogP contribution in [0.5, 0.6) is 0 Å². The first-order chi connectivity index (χ1) is 7.36. The highest BCUT2D eigenvalue weighted by Gasteiger charge is 2.24. The van der Waals surface area contributed by atoms with Crippen LogP contribution in [0.3, 0.4) is 0 Å². The van der Waals surface area contributed by atoms with Crippen LogP contribution >= 0.6 is 11.6 Å². The molecule has 0 N–H and O–H groups in total. The third-order valence-electron chi connectivity index (χ3n) is 3.16. The van der Waals surface area contributed by atoms with Crippen LogP contribution in [0.2, 0.25) is 0 Å². The van der Waals surface area contributed by atoms with Crippen LogP contribution in [0.1, 0.15) is 33.3 Å². The van der Waals surface area contributed by atoms with E-state index < -0.39 is 0 Å². The van der Waals surface area contributed by atoms with Crippen molar-refractivity contribution >= 4 is 17.4 Å². The number of aromatic nitrogens is 1. The Morgan fingerprint density at radius 3 is 2.56 bits per heavy atom. The molecular weight excluding hydrogens is 220 g/mol. The average molecular weight is 241 g/mol. The van der Waals surface area contributed by atoms with Crippen molar-refractivity contribution in [1.29, 1.82) is 0 Å². The van der Waals surface area contributed by atoms with Gasteiger partial charge in [-0.25, -0.2) is 4.98 Å². The van der Waals surface area contributed by atoms with E-state index in [9.17, 15) is 0 Å². The number of halogens is 1. The minimum atomic E-state index is 0.230. The number of anilines is 1. The monoisotopic (exact) mass is 240 g/mol. The molecule has 0 amide bonds. The van der Waals surface area contributed by atoms with E-state index in [-0.39, 0.29) is 5.41 Å². The van der Waals surface area contributed by atoms with Crippen molar-refractivity contribution in [2.24, 2.45) is 5.41 Å². The van der Waals surface area contributed by atoms with Crippen LogP contribution < -0.4 is 4.90 Å². The normalized spacial score (nSPS) is 13.6. The van der Waals surface area contributed by atoms with E-state index in [2.05, 4.69) is 50.7 Å². The maximum atomic E-state index is 5.83. The number of nitrogens with zero attached hydrogens (tertiary/aromatic N) is 2. The molecule has 16 heavy (non-hydrogen) atoms. The summed E-state index contributed by atoms with van der Waals surface area (Å²) >= 11 is 5.83. The Hall–Kier alpha value is -0.760. The van der Waals surface area contributed by atoms with E-state index in [0.29, 0.717) is 11.9 Å². The zero-order chi connectivity index (χ0) is 12.3. The summed E-state index contributed by atoms with van der Waals surface area (Å²) in [5, 5.41) is 0. The third-order valence-corrected chi connectivity index (χ3v) is 3.47. The molecule has 3 heteroatoms. The topological polar surface area (TPSA) is 16.1 Å². The van der Waals surface area contributed by atoms with E-state index >= 15 is 0 Å². The fraction of sp³-hybridized carbons (Fsp3) is 0.615. The Kier molecular flexibility index (Phi) is 4.20. The molecule has 0 aliphatic rings. The van der Waals surface area contributed by atoms with E-state index in [0.717, 1.165) is 11.4 Å². The molecule has 0 aliphatic carbocycles. The smallest absolute Gasteiger partial charge is 0.128 e. The molecule has 2 nitrogen and oxygen atoms in total. The number of alkyl halides is 1. The van der Waals surface area contributed by atoms with Crippen molar-refractivity contribution in [1.82, 2.24) is 4.98 Å².